The Kier molecular flexibility index (Phi) is 5.62. The van der Waals surface area contributed by atoms with Gasteiger partial charge in [-0.2, -0.15) is 8.78 Å². The number of piperidine rings is 1. The Labute approximate surface area is 183 Å². The van der Waals surface area contributed by atoms with Gasteiger partial charge in [-0.3, -0.25) is 24.5 Å². The van der Waals surface area contributed by atoms with E-state index in [4.69, 9.17) is 0 Å². The van der Waals surface area contributed by atoms with Crippen molar-refractivity contribution in [1.82, 2.24) is 10.2 Å². The summed E-state index contributed by atoms with van der Waals surface area (Å²) in [4.78, 5) is 49.9. The van der Waals surface area contributed by atoms with Crippen molar-refractivity contribution in [2.45, 2.75) is 51.1 Å². The molecule has 2 aliphatic rings. The molecule has 0 radical (unpaired) electrons. The zero-order chi connectivity index (χ0) is 23.0. The molecule has 2 aromatic rings. The van der Waals surface area contributed by atoms with Crippen LogP contribution in [0.25, 0.3) is 0 Å². The summed E-state index contributed by atoms with van der Waals surface area (Å²) in [5.74, 6) is -5.88. The molecule has 4 rings (SSSR count). The molecule has 1 fully saturated rings. The molecule has 1 N–H and O–H groups in total. The van der Waals surface area contributed by atoms with Crippen LogP contribution in [0.3, 0.4) is 0 Å². The van der Waals surface area contributed by atoms with Gasteiger partial charge in [0, 0.05) is 30.5 Å². The van der Waals surface area contributed by atoms with Gasteiger partial charge in [0.2, 0.25) is 17.6 Å². The van der Waals surface area contributed by atoms with Crippen LogP contribution in [-0.2, 0) is 33.3 Å². The molecule has 32 heavy (non-hydrogen) atoms. The van der Waals surface area contributed by atoms with Crippen molar-refractivity contribution in [1.29, 1.82) is 0 Å². The Morgan fingerprint density at radius 3 is 2.53 bits per heavy atom. The predicted molar refractivity (Wildman–Crippen MR) is 111 cm³/mol. The van der Waals surface area contributed by atoms with Crippen LogP contribution in [0.1, 0.15) is 51.9 Å². The van der Waals surface area contributed by atoms with Crippen LogP contribution in [0.5, 0.6) is 0 Å². The lowest BCUT2D eigenvalue weighted by Gasteiger charge is -2.29. The van der Waals surface area contributed by atoms with E-state index in [2.05, 4.69) is 5.32 Å². The van der Waals surface area contributed by atoms with E-state index in [0.29, 0.717) is 16.7 Å². The molecule has 0 aliphatic carbocycles. The predicted octanol–water partition coefficient (Wildman–Crippen LogP) is 3.05. The number of amides is 3. The lowest BCUT2D eigenvalue weighted by Crippen LogP contribution is -2.52. The highest BCUT2D eigenvalue weighted by Crippen LogP contribution is 2.32. The minimum Gasteiger partial charge on any atom is -0.322 e. The molecule has 1 unspecified atom stereocenters. The first-order chi connectivity index (χ1) is 15.2. The van der Waals surface area contributed by atoms with Crippen LogP contribution in [-0.4, -0.2) is 34.4 Å². The van der Waals surface area contributed by atoms with Crippen LogP contribution in [0.2, 0.25) is 0 Å². The van der Waals surface area contributed by atoms with Crippen molar-refractivity contribution in [3.05, 3.63) is 70.3 Å². The van der Waals surface area contributed by atoms with Crippen molar-refractivity contribution in [2.75, 3.05) is 0 Å². The van der Waals surface area contributed by atoms with Crippen LogP contribution in [0, 0.1) is 6.92 Å². The second kappa shape index (κ2) is 8.26. The number of hydrogen-bond donors (Lipinski definition) is 1. The Balaban J connectivity index is 1.43. The van der Waals surface area contributed by atoms with E-state index in [1.807, 2.05) is 0 Å². The average molecular weight is 440 g/mol. The molecule has 8 heteroatoms. The number of halogens is 2. The molecular weight excluding hydrogens is 418 g/mol. The van der Waals surface area contributed by atoms with Crippen LogP contribution >= 0.6 is 0 Å². The Morgan fingerprint density at radius 1 is 1.12 bits per heavy atom. The number of benzene rings is 2. The maximum absolute atomic E-state index is 14.5. The minimum absolute atomic E-state index is 0.111. The minimum atomic E-state index is -3.57. The van der Waals surface area contributed by atoms with Crippen molar-refractivity contribution < 1.29 is 28.0 Å². The van der Waals surface area contributed by atoms with Gasteiger partial charge in [-0.05, 0) is 37.0 Å². The fourth-order valence-electron chi connectivity index (χ4n) is 4.12. The standard InChI is InChI=1S/C24H22F2N2O4/c1-14-2-6-17(7-3-14)24(25,26)20(29)10-5-15-4-8-18-16(12-15)13-28(23(18)32)19-9-11-21(30)27-22(19)31/h2-4,6-8,12,19H,5,9-11,13H2,1H3,(H,27,30,31). The van der Waals surface area contributed by atoms with Gasteiger partial charge >= 0.3 is 5.92 Å². The number of aryl methyl sites for hydroxylation is 2. The van der Waals surface area contributed by atoms with E-state index in [9.17, 15) is 28.0 Å². The van der Waals surface area contributed by atoms with Crippen molar-refractivity contribution in [3.63, 3.8) is 0 Å². The van der Waals surface area contributed by atoms with E-state index in [1.54, 1.807) is 37.3 Å². The number of fused-ring (bicyclic) bond motifs is 1. The molecule has 0 aromatic heterocycles. The Bertz CT molecular complexity index is 1110. The molecule has 0 saturated carbocycles. The van der Waals surface area contributed by atoms with E-state index >= 15 is 0 Å². The van der Waals surface area contributed by atoms with E-state index < -0.39 is 23.7 Å². The first kappa shape index (κ1) is 21.8. The lowest BCUT2D eigenvalue weighted by molar-refractivity contribution is -0.144. The largest absolute Gasteiger partial charge is 0.330 e. The molecular formula is C24H22F2N2O4. The number of carbonyl (C=O) groups is 4. The molecule has 2 heterocycles. The zero-order valence-corrected chi connectivity index (χ0v) is 17.5. The second-order valence-corrected chi connectivity index (χ2v) is 8.26. The highest BCUT2D eigenvalue weighted by Gasteiger charge is 2.41. The topological polar surface area (TPSA) is 83.6 Å². The number of ketones is 1. The summed E-state index contributed by atoms with van der Waals surface area (Å²) in [6.45, 7) is 1.98. The summed E-state index contributed by atoms with van der Waals surface area (Å²) in [7, 11) is 0. The number of carbonyl (C=O) groups excluding carboxylic acids is 4. The van der Waals surface area contributed by atoms with Gasteiger partial charge in [0.15, 0.2) is 0 Å². The quantitative estimate of drug-likeness (QED) is 0.700. The summed E-state index contributed by atoms with van der Waals surface area (Å²) in [5, 5.41) is 2.25. The van der Waals surface area contributed by atoms with Crippen molar-refractivity contribution in [2.24, 2.45) is 0 Å². The third kappa shape index (κ3) is 4.04. The smallest absolute Gasteiger partial charge is 0.322 e. The first-order valence-corrected chi connectivity index (χ1v) is 10.4. The molecule has 0 bridgehead atoms. The van der Waals surface area contributed by atoms with Gasteiger partial charge < -0.3 is 4.90 Å². The van der Waals surface area contributed by atoms with Gasteiger partial charge in [-0.25, -0.2) is 0 Å². The fraction of sp³-hybridized carbons (Fsp3) is 0.333. The van der Waals surface area contributed by atoms with Gasteiger partial charge in [-0.15, -0.1) is 0 Å². The number of nitrogens with zero attached hydrogens (tertiary/aromatic N) is 1. The molecule has 2 aliphatic heterocycles. The normalized spacial score (nSPS) is 18.5. The van der Waals surface area contributed by atoms with E-state index in [-0.39, 0.29) is 49.6 Å². The molecule has 0 spiro atoms. The highest BCUT2D eigenvalue weighted by atomic mass is 19.3. The maximum Gasteiger partial charge on any atom is 0.330 e. The third-order valence-corrected chi connectivity index (χ3v) is 5.99. The summed E-state index contributed by atoms with van der Waals surface area (Å²) >= 11 is 0. The Morgan fingerprint density at radius 2 is 1.84 bits per heavy atom. The van der Waals surface area contributed by atoms with Crippen LogP contribution in [0.4, 0.5) is 8.78 Å². The molecule has 166 valence electrons. The first-order valence-electron chi connectivity index (χ1n) is 10.4. The van der Waals surface area contributed by atoms with Crippen LogP contribution in [0.15, 0.2) is 42.5 Å². The molecule has 6 nitrogen and oxygen atoms in total. The zero-order valence-electron chi connectivity index (χ0n) is 17.5. The van der Waals surface area contributed by atoms with E-state index in [0.717, 1.165) is 5.56 Å². The highest BCUT2D eigenvalue weighted by molar-refractivity contribution is 6.05. The van der Waals surface area contributed by atoms with Gasteiger partial charge in [0.25, 0.3) is 5.91 Å². The average Bonchev–Trinajstić information content (AvgIpc) is 3.08. The molecule has 1 atom stereocenters. The van der Waals surface area contributed by atoms with Gasteiger partial charge in [-0.1, -0.05) is 42.0 Å². The summed E-state index contributed by atoms with van der Waals surface area (Å²) < 4.78 is 29.0. The summed E-state index contributed by atoms with van der Waals surface area (Å²) in [6.07, 6.45) is 0.198. The Hall–Kier alpha value is -3.42. The third-order valence-electron chi connectivity index (χ3n) is 5.99. The monoisotopic (exact) mass is 440 g/mol. The molecule has 1 saturated heterocycles. The fourth-order valence-corrected chi connectivity index (χ4v) is 4.12. The van der Waals surface area contributed by atoms with E-state index in [1.165, 1.54) is 17.0 Å². The lowest BCUT2D eigenvalue weighted by atomic mass is 9.97. The SMILES string of the molecule is Cc1ccc(C(F)(F)C(=O)CCc2ccc3c(c2)CN(C2CCC(=O)NC2=O)C3=O)cc1. The number of imide groups is 1. The number of rotatable bonds is 6. The van der Waals surface area contributed by atoms with Gasteiger partial charge in [0.05, 0.1) is 0 Å². The summed E-state index contributed by atoms with van der Waals surface area (Å²) in [6, 6.07) is 9.85. The number of hydrogen-bond acceptors (Lipinski definition) is 4. The molecule has 2 aromatic carbocycles. The van der Waals surface area contributed by atoms with Crippen molar-refractivity contribution >= 4 is 23.5 Å². The maximum atomic E-state index is 14.5. The second-order valence-electron chi connectivity index (χ2n) is 8.26. The number of alkyl halides is 2. The van der Waals surface area contributed by atoms with Crippen molar-refractivity contribution in [3.8, 4) is 0 Å². The number of nitrogens with one attached hydrogen (secondary N) is 1. The number of Topliss-reactive ketones (excluding diaryl/α,β-unsaturated/α-hetero) is 1. The summed E-state index contributed by atoms with van der Waals surface area (Å²) in [5.41, 5.74) is 2.28. The molecule has 3 amide bonds. The van der Waals surface area contributed by atoms with Crippen LogP contribution < -0.4 is 5.32 Å². The van der Waals surface area contributed by atoms with Gasteiger partial charge in [0.1, 0.15) is 6.04 Å².